The van der Waals surface area contributed by atoms with Crippen LogP contribution in [0.1, 0.15) is 66.5 Å². The molecule has 31 heavy (non-hydrogen) atoms. The fraction of sp³-hybridized carbons (Fsp3) is 0.522. The number of cyclic esters (lactones) is 1. The first-order valence-corrected chi connectivity index (χ1v) is 10.6. The minimum atomic E-state index is -0.550. The van der Waals surface area contributed by atoms with Crippen LogP contribution in [0.2, 0.25) is 0 Å². The van der Waals surface area contributed by atoms with E-state index in [1.807, 2.05) is 32.9 Å². The monoisotopic (exact) mass is 426 g/mol. The summed E-state index contributed by atoms with van der Waals surface area (Å²) in [6.07, 6.45) is 2.82. The van der Waals surface area contributed by atoms with Crippen LogP contribution in [0.25, 0.3) is 0 Å². The average molecular weight is 427 g/mol. The Morgan fingerprint density at radius 1 is 1.32 bits per heavy atom. The lowest BCUT2D eigenvalue weighted by atomic mass is 9.92. The van der Waals surface area contributed by atoms with Crippen LogP contribution in [0.5, 0.6) is 0 Å². The van der Waals surface area contributed by atoms with Gasteiger partial charge >= 0.3 is 12.1 Å². The molecule has 2 aliphatic heterocycles. The second-order valence-corrected chi connectivity index (χ2v) is 9.45. The number of ether oxygens (including phenoxy) is 2. The molecule has 0 saturated carbocycles. The van der Waals surface area contributed by atoms with Crippen molar-refractivity contribution in [1.82, 2.24) is 19.8 Å². The standard InChI is InChI=1S/C23H30N4O4/c1-14-8-26(9-16-10-27(13-24-16)22(29)31-23(3,4)5)11-20(25-14)17-6-7-18-19(15(17)2)12-30-21(18)28/h6-7,10,13-14,20,25H,8-9,11-12H2,1-5H3/t14-,20-/m0/s1. The van der Waals surface area contributed by atoms with Gasteiger partial charge in [-0.25, -0.2) is 19.1 Å². The van der Waals surface area contributed by atoms with E-state index in [4.69, 9.17) is 9.47 Å². The summed E-state index contributed by atoms with van der Waals surface area (Å²) < 4.78 is 12.0. The van der Waals surface area contributed by atoms with E-state index in [0.717, 1.165) is 29.9 Å². The number of esters is 1. The third-order valence-corrected chi connectivity index (χ3v) is 5.67. The van der Waals surface area contributed by atoms with Gasteiger partial charge in [0, 0.05) is 43.5 Å². The summed E-state index contributed by atoms with van der Waals surface area (Å²) in [6.45, 7) is 12.4. The Labute approximate surface area is 182 Å². The molecule has 0 unspecified atom stereocenters. The van der Waals surface area contributed by atoms with E-state index in [1.54, 1.807) is 6.20 Å². The second kappa shape index (κ2) is 8.09. The first kappa shape index (κ1) is 21.5. The number of hydrogen-bond acceptors (Lipinski definition) is 7. The number of aromatic nitrogens is 2. The van der Waals surface area contributed by atoms with Gasteiger partial charge in [-0.2, -0.15) is 0 Å². The fourth-order valence-electron chi connectivity index (χ4n) is 4.32. The molecule has 2 aliphatic rings. The van der Waals surface area contributed by atoms with Crippen LogP contribution in [-0.2, 0) is 22.6 Å². The topological polar surface area (TPSA) is 85.7 Å². The van der Waals surface area contributed by atoms with Crippen LogP contribution in [0, 0.1) is 6.92 Å². The highest BCUT2D eigenvalue weighted by Gasteiger charge is 2.30. The lowest BCUT2D eigenvalue weighted by Gasteiger charge is -2.38. The smallest absolute Gasteiger partial charge is 0.419 e. The number of piperazine rings is 1. The van der Waals surface area contributed by atoms with Crippen molar-refractivity contribution in [1.29, 1.82) is 0 Å². The normalized spacial score (nSPS) is 21.6. The summed E-state index contributed by atoms with van der Waals surface area (Å²) in [5, 5.41) is 3.67. The Bertz CT molecular complexity index is 1010. The van der Waals surface area contributed by atoms with E-state index in [2.05, 4.69) is 29.0 Å². The number of imidazole rings is 1. The van der Waals surface area contributed by atoms with Gasteiger partial charge in [0.25, 0.3) is 0 Å². The summed E-state index contributed by atoms with van der Waals surface area (Å²) in [5.74, 6) is -0.239. The Morgan fingerprint density at radius 3 is 2.84 bits per heavy atom. The molecule has 1 aromatic heterocycles. The van der Waals surface area contributed by atoms with Crippen LogP contribution >= 0.6 is 0 Å². The molecule has 0 bridgehead atoms. The van der Waals surface area contributed by atoms with Crippen molar-refractivity contribution in [3.05, 3.63) is 52.6 Å². The SMILES string of the molecule is Cc1c([C@@H]2CN(Cc3cn(C(=O)OC(C)(C)C)cn3)C[C@H](C)N2)ccc2c1COC2=O. The number of fused-ring (bicyclic) bond motifs is 1. The van der Waals surface area contributed by atoms with E-state index >= 15 is 0 Å². The third kappa shape index (κ3) is 4.65. The molecule has 3 heterocycles. The van der Waals surface area contributed by atoms with Crippen molar-refractivity contribution < 1.29 is 19.1 Å². The number of hydrogen-bond donors (Lipinski definition) is 1. The van der Waals surface area contributed by atoms with E-state index in [9.17, 15) is 9.59 Å². The number of carbonyl (C=O) groups excluding carboxylic acids is 2. The second-order valence-electron chi connectivity index (χ2n) is 9.45. The zero-order valence-corrected chi connectivity index (χ0v) is 18.8. The van der Waals surface area contributed by atoms with Gasteiger partial charge in [0.1, 0.15) is 18.5 Å². The molecule has 8 heteroatoms. The summed E-state index contributed by atoms with van der Waals surface area (Å²) in [4.78, 5) is 30.8. The molecule has 8 nitrogen and oxygen atoms in total. The first-order chi connectivity index (χ1) is 14.6. The van der Waals surface area contributed by atoms with Crippen molar-refractivity contribution in [3.63, 3.8) is 0 Å². The van der Waals surface area contributed by atoms with Crippen molar-refractivity contribution in [2.24, 2.45) is 0 Å². The van der Waals surface area contributed by atoms with E-state index in [0.29, 0.717) is 18.7 Å². The quantitative estimate of drug-likeness (QED) is 0.755. The molecule has 0 aliphatic carbocycles. The fourth-order valence-corrected chi connectivity index (χ4v) is 4.32. The van der Waals surface area contributed by atoms with E-state index in [-0.39, 0.29) is 18.1 Å². The Morgan fingerprint density at radius 2 is 2.10 bits per heavy atom. The number of carbonyl (C=O) groups is 2. The molecule has 2 atom stereocenters. The Balaban J connectivity index is 1.47. The van der Waals surface area contributed by atoms with Gasteiger partial charge in [-0.1, -0.05) is 6.07 Å². The highest BCUT2D eigenvalue weighted by molar-refractivity contribution is 5.94. The maximum Gasteiger partial charge on any atom is 0.419 e. The molecule has 166 valence electrons. The minimum absolute atomic E-state index is 0.137. The molecular formula is C23H30N4O4. The predicted molar refractivity (Wildman–Crippen MR) is 115 cm³/mol. The molecule has 1 N–H and O–H groups in total. The van der Waals surface area contributed by atoms with Crippen molar-refractivity contribution >= 4 is 12.1 Å². The molecular weight excluding hydrogens is 396 g/mol. The number of nitrogens with zero attached hydrogens (tertiary/aromatic N) is 3. The minimum Gasteiger partial charge on any atom is -0.457 e. The highest BCUT2D eigenvalue weighted by atomic mass is 16.6. The van der Waals surface area contributed by atoms with Gasteiger partial charge in [0.05, 0.1) is 11.3 Å². The lowest BCUT2D eigenvalue weighted by Crippen LogP contribution is -2.50. The maximum absolute atomic E-state index is 12.3. The van der Waals surface area contributed by atoms with Crippen molar-refractivity contribution in [2.75, 3.05) is 13.1 Å². The molecule has 0 radical (unpaired) electrons. The Hall–Kier alpha value is -2.71. The molecule has 1 aromatic carbocycles. The van der Waals surface area contributed by atoms with Gasteiger partial charge in [0.2, 0.25) is 0 Å². The summed E-state index contributed by atoms with van der Waals surface area (Å²) in [7, 11) is 0. The van der Waals surface area contributed by atoms with Gasteiger partial charge in [-0.15, -0.1) is 0 Å². The van der Waals surface area contributed by atoms with Crippen LogP contribution in [0.15, 0.2) is 24.7 Å². The molecule has 2 aromatic rings. The summed E-state index contributed by atoms with van der Waals surface area (Å²) >= 11 is 0. The van der Waals surface area contributed by atoms with Gasteiger partial charge < -0.3 is 14.8 Å². The average Bonchev–Trinajstić information content (AvgIpc) is 3.28. The molecule has 4 rings (SSSR count). The van der Waals surface area contributed by atoms with E-state index in [1.165, 1.54) is 16.5 Å². The zero-order chi connectivity index (χ0) is 22.3. The molecule has 1 saturated heterocycles. The first-order valence-electron chi connectivity index (χ1n) is 10.6. The molecule has 0 amide bonds. The summed E-state index contributed by atoms with van der Waals surface area (Å²) in [6, 6.07) is 4.34. The number of benzene rings is 1. The zero-order valence-electron chi connectivity index (χ0n) is 18.8. The van der Waals surface area contributed by atoms with Crippen molar-refractivity contribution in [3.8, 4) is 0 Å². The maximum atomic E-state index is 12.3. The summed E-state index contributed by atoms with van der Waals surface area (Å²) in [5.41, 5.74) is 4.24. The molecule has 0 spiro atoms. The highest BCUT2D eigenvalue weighted by Crippen LogP contribution is 2.31. The predicted octanol–water partition coefficient (Wildman–Crippen LogP) is 3.18. The van der Waals surface area contributed by atoms with Gasteiger partial charge in [-0.3, -0.25) is 4.90 Å². The lowest BCUT2D eigenvalue weighted by molar-refractivity contribution is 0.0525. The van der Waals surface area contributed by atoms with Gasteiger partial charge in [-0.05, 0) is 51.8 Å². The van der Waals surface area contributed by atoms with Crippen LogP contribution in [0.4, 0.5) is 4.79 Å². The van der Waals surface area contributed by atoms with Crippen LogP contribution < -0.4 is 5.32 Å². The number of rotatable bonds is 3. The van der Waals surface area contributed by atoms with Crippen molar-refractivity contribution in [2.45, 2.75) is 65.5 Å². The Kier molecular flexibility index (Phi) is 5.61. The van der Waals surface area contributed by atoms with E-state index < -0.39 is 11.7 Å². The third-order valence-electron chi connectivity index (χ3n) is 5.67. The van der Waals surface area contributed by atoms with Crippen LogP contribution in [0.3, 0.4) is 0 Å². The van der Waals surface area contributed by atoms with Gasteiger partial charge in [0.15, 0.2) is 0 Å². The largest absolute Gasteiger partial charge is 0.457 e. The van der Waals surface area contributed by atoms with Crippen LogP contribution in [-0.4, -0.2) is 51.2 Å². The molecule has 1 fully saturated rings. The number of nitrogens with one attached hydrogen (secondary N) is 1.